The average Bonchev–Trinajstić information content (AvgIpc) is 2.68. The SMILES string of the molecule is O=C(O)[C@H](Cc1ccccc1)N(Cc1ccccc1)Cc1ccccc1. The van der Waals surface area contributed by atoms with Crippen molar-refractivity contribution in [1.29, 1.82) is 0 Å². The highest BCUT2D eigenvalue weighted by Crippen LogP contribution is 2.17. The summed E-state index contributed by atoms with van der Waals surface area (Å²) in [5.41, 5.74) is 3.26. The lowest BCUT2D eigenvalue weighted by Crippen LogP contribution is -2.42. The van der Waals surface area contributed by atoms with E-state index in [1.807, 2.05) is 95.9 Å². The van der Waals surface area contributed by atoms with Gasteiger partial charge in [0.1, 0.15) is 6.04 Å². The first-order chi connectivity index (χ1) is 12.7. The molecule has 0 saturated carbocycles. The van der Waals surface area contributed by atoms with Gasteiger partial charge in [0.2, 0.25) is 0 Å². The van der Waals surface area contributed by atoms with Crippen LogP contribution in [-0.4, -0.2) is 22.0 Å². The predicted molar refractivity (Wildman–Crippen MR) is 104 cm³/mol. The second-order valence-corrected chi connectivity index (χ2v) is 6.42. The summed E-state index contributed by atoms with van der Waals surface area (Å²) in [4.78, 5) is 14.1. The molecule has 1 atom stereocenters. The molecule has 0 bridgehead atoms. The molecule has 0 amide bonds. The third-order valence-electron chi connectivity index (χ3n) is 4.45. The molecule has 0 spiro atoms. The molecule has 3 rings (SSSR count). The maximum Gasteiger partial charge on any atom is 0.321 e. The molecule has 0 aromatic heterocycles. The van der Waals surface area contributed by atoms with Crippen LogP contribution >= 0.6 is 0 Å². The fourth-order valence-corrected chi connectivity index (χ4v) is 3.12. The quantitative estimate of drug-likeness (QED) is 0.658. The first-order valence-corrected chi connectivity index (χ1v) is 8.81. The van der Waals surface area contributed by atoms with E-state index in [9.17, 15) is 9.90 Å². The number of carboxylic acids is 1. The van der Waals surface area contributed by atoms with Gasteiger partial charge in [-0.15, -0.1) is 0 Å². The average molecular weight is 345 g/mol. The molecule has 0 heterocycles. The van der Waals surface area contributed by atoms with Crippen molar-refractivity contribution < 1.29 is 9.90 Å². The van der Waals surface area contributed by atoms with Gasteiger partial charge in [0.25, 0.3) is 0 Å². The number of hydrogen-bond donors (Lipinski definition) is 1. The first kappa shape index (κ1) is 17.9. The topological polar surface area (TPSA) is 40.5 Å². The largest absolute Gasteiger partial charge is 0.480 e. The molecule has 3 aromatic rings. The van der Waals surface area contributed by atoms with E-state index in [4.69, 9.17) is 0 Å². The van der Waals surface area contributed by atoms with Crippen molar-refractivity contribution in [2.75, 3.05) is 0 Å². The zero-order valence-corrected chi connectivity index (χ0v) is 14.7. The Labute approximate surface area is 154 Å². The fraction of sp³-hybridized carbons (Fsp3) is 0.174. The molecule has 3 aromatic carbocycles. The van der Waals surface area contributed by atoms with Crippen LogP contribution in [0.2, 0.25) is 0 Å². The van der Waals surface area contributed by atoms with E-state index in [0.29, 0.717) is 19.5 Å². The Morgan fingerprint density at radius 2 is 1.08 bits per heavy atom. The normalized spacial score (nSPS) is 12.0. The number of rotatable bonds is 8. The van der Waals surface area contributed by atoms with Gasteiger partial charge in [-0.2, -0.15) is 0 Å². The van der Waals surface area contributed by atoms with Gasteiger partial charge in [-0.25, -0.2) is 0 Å². The Hall–Kier alpha value is -2.91. The Bertz CT molecular complexity index is 762. The molecular weight excluding hydrogens is 322 g/mol. The number of benzene rings is 3. The van der Waals surface area contributed by atoms with Gasteiger partial charge in [0, 0.05) is 13.1 Å². The summed E-state index contributed by atoms with van der Waals surface area (Å²) in [6.45, 7) is 1.19. The van der Waals surface area contributed by atoms with Crippen molar-refractivity contribution >= 4 is 5.97 Å². The second-order valence-electron chi connectivity index (χ2n) is 6.42. The Morgan fingerprint density at radius 3 is 1.46 bits per heavy atom. The molecule has 132 valence electrons. The highest BCUT2D eigenvalue weighted by molar-refractivity contribution is 5.74. The van der Waals surface area contributed by atoms with Crippen molar-refractivity contribution in [2.45, 2.75) is 25.6 Å². The van der Waals surface area contributed by atoms with Gasteiger partial charge in [-0.05, 0) is 23.1 Å². The lowest BCUT2D eigenvalue weighted by molar-refractivity contribution is -0.143. The van der Waals surface area contributed by atoms with Crippen molar-refractivity contribution in [1.82, 2.24) is 4.90 Å². The maximum atomic E-state index is 12.1. The van der Waals surface area contributed by atoms with Crippen molar-refractivity contribution in [3.05, 3.63) is 108 Å². The lowest BCUT2D eigenvalue weighted by Gasteiger charge is -2.29. The fourth-order valence-electron chi connectivity index (χ4n) is 3.12. The highest BCUT2D eigenvalue weighted by Gasteiger charge is 2.26. The molecule has 1 N–H and O–H groups in total. The van der Waals surface area contributed by atoms with Crippen molar-refractivity contribution in [2.24, 2.45) is 0 Å². The molecule has 26 heavy (non-hydrogen) atoms. The number of carbonyl (C=O) groups is 1. The van der Waals surface area contributed by atoms with E-state index in [0.717, 1.165) is 16.7 Å². The molecule has 0 unspecified atom stereocenters. The summed E-state index contributed by atoms with van der Waals surface area (Å²) < 4.78 is 0. The van der Waals surface area contributed by atoms with Crippen molar-refractivity contribution in [3.8, 4) is 0 Å². The van der Waals surface area contributed by atoms with Gasteiger partial charge >= 0.3 is 5.97 Å². The Morgan fingerprint density at radius 1 is 0.692 bits per heavy atom. The minimum atomic E-state index is -0.791. The molecule has 0 aliphatic carbocycles. The summed E-state index contributed by atoms with van der Waals surface area (Å²) in [5.74, 6) is -0.791. The zero-order valence-electron chi connectivity index (χ0n) is 14.7. The van der Waals surface area contributed by atoms with Crippen LogP contribution in [0.1, 0.15) is 16.7 Å². The summed E-state index contributed by atoms with van der Waals surface area (Å²) in [6, 6.07) is 29.3. The van der Waals surface area contributed by atoms with Gasteiger partial charge in [0.15, 0.2) is 0 Å². The third kappa shape index (κ3) is 5.04. The van der Waals surface area contributed by atoms with Crippen LogP contribution in [0, 0.1) is 0 Å². The predicted octanol–water partition coefficient (Wildman–Crippen LogP) is 4.38. The smallest absolute Gasteiger partial charge is 0.321 e. The van der Waals surface area contributed by atoms with Gasteiger partial charge in [-0.3, -0.25) is 9.69 Å². The molecule has 3 nitrogen and oxygen atoms in total. The van der Waals surface area contributed by atoms with Crippen LogP contribution in [0.15, 0.2) is 91.0 Å². The van der Waals surface area contributed by atoms with Gasteiger partial charge in [-0.1, -0.05) is 91.0 Å². The van der Waals surface area contributed by atoms with Gasteiger partial charge < -0.3 is 5.11 Å². The van der Waals surface area contributed by atoms with E-state index in [-0.39, 0.29) is 0 Å². The standard InChI is InChI=1S/C23H23NO2/c25-23(26)22(16-19-10-4-1-5-11-19)24(17-20-12-6-2-7-13-20)18-21-14-8-3-9-15-21/h1-15,22H,16-18H2,(H,25,26)/t22-/m0/s1. The maximum absolute atomic E-state index is 12.1. The van der Waals surface area contributed by atoms with Gasteiger partial charge in [0.05, 0.1) is 0 Å². The minimum Gasteiger partial charge on any atom is -0.480 e. The van der Waals surface area contributed by atoms with E-state index in [1.54, 1.807) is 0 Å². The minimum absolute atomic E-state index is 0.482. The number of carboxylic acid groups (broad SMARTS) is 1. The second kappa shape index (κ2) is 8.97. The van der Waals surface area contributed by atoms with E-state index >= 15 is 0 Å². The monoisotopic (exact) mass is 345 g/mol. The van der Waals surface area contributed by atoms with E-state index in [1.165, 1.54) is 0 Å². The summed E-state index contributed by atoms with van der Waals surface area (Å²) in [7, 11) is 0. The number of hydrogen-bond acceptors (Lipinski definition) is 2. The van der Waals surface area contributed by atoms with E-state index < -0.39 is 12.0 Å². The summed E-state index contributed by atoms with van der Waals surface area (Å²) >= 11 is 0. The molecule has 0 aliphatic rings. The van der Waals surface area contributed by atoms with Crippen LogP contribution in [0.3, 0.4) is 0 Å². The molecule has 0 saturated heterocycles. The summed E-state index contributed by atoms with van der Waals surface area (Å²) in [5, 5.41) is 9.92. The lowest BCUT2D eigenvalue weighted by atomic mass is 10.0. The Kier molecular flexibility index (Phi) is 6.18. The van der Waals surface area contributed by atoms with Crippen LogP contribution in [0.25, 0.3) is 0 Å². The molecule has 0 radical (unpaired) electrons. The van der Waals surface area contributed by atoms with Crippen molar-refractivity contribution in [3.63, 3.8) is 0 Å². The Balaban J connectivity index is 1.86. The molecular formula is C23H23NO2. The van der Waals surface area contributed by atoms with Crippen LogP contribution < -0.4 is 0 Å². The zero-order chi connectivity index (χ0) is 18.2. The highest BCUT2D eigenvalue weighted by atomic mass is 16.4. The molecule has 0 aliphatic heterocycles. The molecule has 0 fully saturated rings. The number of aliphatic carboxylic acids is 1. The van der Waals surface area contributed by atoms with Crippen LogP contribution in [0.4, 0.5) is 0 Å². The van der Waals surface area contributed by atoms with E-state index in [2.05, 4.69) is 0 Å². The third-order valence-corrected chi connectivity index (χ3v) is 4.45. The summed E-state index contributed by atoms with van der Waals surface area (Å²) in [6.07, 6.45) is 0.482. The van der Waals surface area contributed by atoms with Crippen LogP contribution in [0.5, 0.6) is 0 Å². The number of nitrogens with zero attached hydrogens (tertiary/aromatic N) is 1. The molecule has 3 heteroatoms. The first-order valence-electron chi connectivity index (χ1n) is 8.81. The van der Waals surface area contributed by atoms with Crippen LogP contribution in [-0.2, 0) is 24.3 Å².